The van der Waals surface area contributed by atoms with E-state index >= 15 is 0 Å². The molecule has 1 aromatic carbocycles. The van der Waals surface area contributed by atoms with Crippen molar-refractivity contribution in [1.29, 1.82) is 5.26 Å². The van der Waals surface area contributed by atoms with E-state index in [2.05, 4.69) is 29.4 Å². The lowest BCUT2D eigenvalue weighted by atomic mass is 10.1. The standard InChI is InChI=1S/C17H19N3O/c1-14(15-6-3-2-4-7-15)21-11-5-9-19-16-8-10-20-17(12-16)13-18/h2-4,6-8,10,12,14H,5,9,11H2,1H3,(H,19,20)/t14-/m0/s1. The van der Waals surface area contributed by atoms with E-state index in [1.165, 1.54) is 5.56 Å². The van der Waals surface area contributed by atoms with Gasteiger partial charge in [0.25, 0.3) is 0 Å². The summed E-state index contributed by atoms with van der Waals surface area (Å²) in [6, 6.07) is 15.8. The number of aromatic nitrogens is 1. The molecule has 0 saturated heterocycles. The van der Waals surface area contributed by atoms with Crippen molar-refractivity contribution in [3.8, 4) is 6.07 Å². The Morgan fingerprint density at radius 2 is 2.10 bits per heavy atom. The van der Waals surface area contributed by atoms with Crippen LogP contribution >= 0.6 is 0 Å². The second-order valence-electron chi connectivity index (χ2n) is 4.75. The number of nitrogens with zero attached hydrogens (tertiary/aromatic N) is 2. The summed E-state index contributed by atoms with van der Waals surface area (Å²) in [5, 5.41) is 12.0. The molecule has 0 aliphatic rings. The van der Waals surface area contributed by atoms with E-state index in [0.29, 0.717) is 12.3 Å². The second-order valence-corrected chi connectivity index (χ2v) is 4.75. The Bertz CT molecular complexity index is 592. The van der Waals surface area contributed by atoms with Crippen LogP contribution in [0, 0.1) is 11.3 Å². The average molecular weight is 281 g/mol. The third-order valence-corrected chi connectivity index (χ3v) is 3.16. The summed E-state index contributed by atoms with van der Waals surface area (Å²) in [5.74, 6) is 0. The van der Waals surface area contributed by atoms with Gasteiger partial charge in [-0.2, -0.15) is 5.26 Å². The van der Waals surface area contributed by atoms with Gasteiger partial charge in [0.05, 0.1) is 6.10 Å². The molecule has 4 nitrogen and oxygen atoms in total. The van der Waals surface area contributed by atoms with E-state index in [9.17, 15) is 0 Å². The number of benzene rings is 1. The topological polar surface area (TPSA) is 57.9 Å². The lowest BCUT2D eigenvalue weighted by molar-refractivity contribution is 0.0656. The highest BCUT2D eigenvalue weighted by molar-refractivity contribution is 5.45. The Morgan fingerprint density at radius 1 is 1.29 bits per heavy atom. The average Bonchev–Trinajstić information content (AvgIpc) is 2.55. The molecular weight excluding hydrogens is 262 g/mol. The molecule has 0 aliphatic carbocycles. The molecule has 1 heterocycles. The highest BCUT2D eigenvalue weighted by Crippen LogP contribution is 2.16. The van der Waals surface area contributed by atoms with Crippen molar-refractivity contribution in [2.75, 3.05) is 18.5 Å². The number of rotatable bonds is 7. The van der Waals surface area contributed by atoms with Crippen molar-refractivity contribution in [2.45, 2.75) is 19.4 Å². The zero-order chi connectivity index (χ0) is 14.9. The van der Waals surface area contributed by atoms with Crippen molar-refractivity contribution in [1.82, 2.24) is 4.98 Å². The van der Waals surface area contributed by atoms with E-state index < -0.39 is 0 Å². The molecule has 4 heteroatoms. The third-order valence-electron chi connectivity index (χ3n) is 3.16. The minimum absolute atomic E-state index is 0.109. The van der Waals surface area contributed by atoms with Crippen molar-refractivity contribution in [2.24, 2.45) is 0 Å². The van der Waals surface area contributed by atoms with Crippen LogP contribution in [-0.2, 0) is 4.74 Å². The largest absolute Gasteiger partial charge is 0.385 e. The van der Waals surface area contributed by atoms with Crippen LogP contribution in [0.3, 0.4) is 0 Å². The molecule has 0 amide bonds. The molecule has 1 atom stereocenters. The fourth-order valence-corrected chi connectivity index (χ4v) is 1.99. The van der Waals surface area contributed by atoms with E-state index in [0.717, 1.165) is 18.7 Å². The number of hydrogen-bond donors (Lipinski definition) is 1. The predicted octanol–water partition coefficient (Wildman–Crippen LogP) is 3.53. The Balaban J connectivity index is 1.67. The maximum Gasteiger partial charge on any atom is 0.142 e. The van der Waals surface area contributed by atoms with Gasteiger partial charge in [-0.25, -0.2) is 4.98 Å². The smallest absolute Gasteiger partial charge is 0.142 e. The number of hydrogen-bond acceptors (Lipinski definition) is 4. The van der Waals surface area contributed by atoms with Crippen LogP contribution in [-0.4, -0.2) is 18.1 Å². The molecule has 2 rings (SSSR count). The molecule has 108 valence electrons. The Labute approximate surface area is 125 Å². The molecule has 0 bridgehead atoms. The quantitative estimate of drug-likeness (QED) is 0.789. The van der Waals surface area contributed by atoms with Gasteiger partial charge in [-0.3, -0.25) is 0 Å². The molecular formula is C17H19N3O. The predicted molar refractivity (Wildman–Crippen MR) is 82.9 cm³/mol. The SMILES string of the molecule is C[C@H](OCCCNc1ccnc(C#N)c1)c1ccccc1. The summed E-state index contributed by atoms with van der Waals surface area (Å²) in [6.45, 7) is 3.56. The zero-order valence-corrected chi connectivity index (χ0v) is 12.1. The lowest BCUT2D eigenvalue weighted by Gasteiger charge is -2.13. The second kappa shape index (κ2) is 8.03. The molecule has 0 aliphatic heterocycles. The van der Waals surface area contributed by atoms with Crippen LogP contribution in [0.15, 0.2) is 48.7 Å². The number of nitriles is 1. The van der Waals surface area contributed by atoms with Crippen LogP contribution in [0.4, 0.5) is 5.69 Å². The fourth-order valence-electron chi connectivity index (χ4n) is 1.99. The van der Waals surface area contributed by atoms with Crippen LogP contribution < -0.4 is 5.32 Å². The number of ether oxygens (including phenoxy) is 1. The van der Waals surface area contributed by atoms with Gasteiger partial charge in [0.15, 0.2) is 0 Å². The summed E-state index contributed by atoms with van der Waals surface area (Å²) in [6.07, 6.45) is 2.65. The van der Waals surface area contributed by atoms with E-state index in [-0.39, 0.29) is 6.10 Å². The van der Waals surface area contributed by atoms with Crippen molar-refractivity contribution < 1.29 is 4.74 Å². The molecule has 2 aromatic rings. The maximum atomic E-state index is 8.78. The minimum Gasteiger partial charge on any atom is -0.385 e. The first-order valence-electron chi connectivity index (χ1n) is 7.06. The lowest BCUT2D eigenvalue weighted by Crippen LogP contribution is -2.08. The van der Waals surface area contributed by atoms with Crippen LogP contribution in [0.2, 0.25) is 0 Å². The van der Waals surface area contributed by atoms with Crippen molar-refractivity contribution >= 4 is 5.69 Å². The van der Waals surface area contributed by atoms with Gasteiger partial charge in [0, 0.05) is 25.0 Å². The zero-order valence-electron chi connectivity index (χ0n) is 12.1. The molecule has 0 radical (unpaired) electrons. The van der Waals surface area contributed by atoms with Crippen LogP contribution in [0.25, 0.3) is 0 Å². The van der Waals surface area contributed by atoms with Gasteiger partial charge in [-0.15, -0.1) is 0 Å². The van der Waals surface area contributed by atoms with Gasteiger partial charge < -0.3 is 10.1 Å². The van der Waals surface area contributed by atoms with Gasteiger partial charge in [0.2, 0.25) is 0 Å². The first-order chi connectivity index (χ1) is 10.3. The monoisotopic (exact) mass is 281 g/mol. The molecule has 0 spiro atoms. The Morgan fingerprint density at radius 3 is 2.86 bits per heavy atom. The summed E-state index contributed by atoms with van der Waals surface area (Å²) in [4.78, 5) is 3.93. The Kier molecular flexibility index (Phi) is 5.74. The molecule has 0 fully saturated rings. The van der Waals surface area contributed by atoms with Crippen LogP contribution in [0.1, 0.15) is 30.7 Å². The van der Waals surface area contributed by atoms with Gasteiger partial charge in [-0.1, -0.05) is 30.3 Å². The van der Waals surface area contributed by atoms with E-state index in [1.807, 2.05) is 30.3 Å². The summed E-state index contributed by atoms with van der Waals surface area (Å²) in [7, 11) is 0. The molecule has 1 N–H and O–H groups in total. The van der Waals surface area contributed by atoms with Gasteiger partial charge in [0.1, 0.15) is 11.8 Å². The highest BCUT2D eigenvalue weighted by atomic mass is 16.5. The summed E-state index contributed by atoms with van der Waals surface area (Å²) in [5.41, 5.74) is 2.53. The molecule has 21 heavy (non-hydrogen) atoms. The van der Waals surface area contributed by atoms with Gasteiger partial charge >= 0.3 is 0 Å². The number of pyridine rings is 1. The normalized spacial score (nSPS) is 11.6. The first-order valence-corrected chi connectivity index (χ1v) is 7.06. The van der Waals surface area contributed by atoms with Crippen molar-refractivity contribution in [3.05, 3.63) is 59.9 Å². The van der Waals surface area contributed by atoms with Crippen LogP contribution in [0.5, 0.6) is 0 Å². The minimum atomic E-state index is 0.109. The summed E-state index contributed by atoms with van der Waals surface area (Å²) >= 11 is 0. The van der Waals surface area contributed by atoms with Gasteiger partial charge in [-0.05, 0) is 31.0 Å². The molecule has 1 aromatic heterocycles. The van der Waals surface area contributed by atoms with Crippen molar-refractivity contribution in [3.63, 3.8) is 0 Å². The highest BCUT2D eigenvalue weighted by Gasteiger charge is 2.04. The fraction of sp³-hybridized carbons (Fsp3) is 0.294. The molecule has 0 saturated carbocycles. The molecule has 0 unspecified atom stereocenters. The Hall–Kier alpha value is -2.38. The third kappa shape index (κ3) is 4.90. The van der Waals surface area contributed by atoms with E-state index in [4.69, 9.17) is 10.00 Å². The first kappa shape index (κ1) is 15.0. The number of nitrogens with one attached hydrogen (secondary N) is 1. The number of anilines is 1. The summed E-state index contributed by atoms with van der Waals surface area (Å²) < 4.78 is 5.81. The maximum absolute atomic E-state index is 8.78. The van der Waals surface area contributed by atoms with E-state index in [1.54, 1.807) is 12.3 Å².